The quantitative estimate of drug-likeness (QED) is 0.862. The van der Waals surface area contributed by atoms with Crippen LogP contribution in [-0.2, 0) is 11.0 Å². The van der Waals surface area contributed by atoms with Gasteiger partial charge in [-0.15, -0.1) is 0 Å². The summed E-state index contributed by atoms with van der Waals surface area (Å²) < 4.78 is 37.6. The smallest absolute Gasteiger partial charge is 0.373 e. The third-order valence-electron chi connectivity index (χ3n) is 2.75. The number of carbonyl (C=O) groups excluding carboxylic acids is 1. The average Bonchev–Trinajstić information content (AvgIpc) is 2.36. The van der Waals surface area contributed by atoms with Gasteiger partial charge in [0.15, 0.2) is 0 Å². The SMILES string of the molecule is CC(C)CNC(=O)C(C)Nc1ccc(C(F)(F)F)cc1Cl. The highest BCUT2D eigenvalue weighted by atomic mass is 35.5. The summed E-state index contributed by atoms with van der Waals surface area (Å²) in [5, 5.41) is 5.46. The first-order valence-corrected chi connectivity index (χ1v) is 6.90. The van der Waals surface area contributed by atoms with E-state index in [4.69, 9.17) is 11.6 Å². The summed E-state index contributed by atoms with van der Waals surface area (Å²) in [7, 11) is 0. The van der Waals surface area contributed by atoms with Crippen molar-refractivity contribution in [3.63, 3.8) is 0 Å². The molecule has 3 nitrogen and oxygen atoms in total. The van der Waals surface area contributed by atoms with Gasteiger partial charge >= 0.3 is 6.18 Å². The van der Waals surface area contributed by atoms with E-state index in [1.165, 1.54) is 6.07 Å². The summed E-state index contributed by atoms with van der Waals surface area (Å²) in [5.41, 5.74) is -0.535. The lowest BCUT2D eigenvalue weighted by Gasteiger charge is -2.18. The Kier molecular flexibility index (Phi) is 5.89. The Hall–Kier alpha value is -1.43. The minimum Gasteiger partial charge on any atom is -0.373 e. The lowest BCUT2D eigenvalue weighted by Crippen LogP contribution is -2.39. The fourth-order valence-electron chi connectivity index (χ4n) is 1.57. The van der Waals surface area contributed by atoms with E-state index in [0.717, 1.165) is 12.1 Å². The highest BCUT2D eigenvalue weighted by Gasteiger charge is 2.31. The van der Waals surface area contributed by atoms with E-state index in [9.17, 15) is 18.0 Å². The topological polar surface area (TPSA) is 41.1 Å². The molecule has 7 heteroatoms. The number of benzene rings is 1. The van der Waals surface area contributed by atoms with Crippen molar-refractivity contribution in [3.8, 4) is 0 Å². The molecule has 0 spiro atoms. The lowest BCUT2D eigenvalue weighted by molar-refractivity contribution is -0.137. The number of nitrogens with one attached hydrogen (secondary N) is 2. The summed E-state index contributed by atoms with van der Waals surface area (Å²) in [6.45, 7) is 6.07. The molecule has 1 unspecified atom stereocenters. The van der Waals surface area contributed by atoms with Crippen molar-refractivity contribution in [2.24, 2.45) is 5.92 Å². The molecule has 21 heavy (non-hydrogen) atoms. The second-order valence-electron chi connectivity index (χ2n) is 5.20. The van der Waals surface area contributed by atoms with Crippen LogP contribution in [0.1, 0.15) is 26.3 Å². The van der Waals surface area contributed by atoms with Crippen molar-refractivity contribution in [1.82, 2.24) is 5.32 Å². The normalized spacial score (nSPS) is 13.1. The number of anilines is 1. The lowest BCUT2D eigenvalue weighted by atomic mass is 10.1. The second-order valence-corrected chi connectivity index (χ2v) is 5.60. The molecule has 0 fully saturated rings. The summed E-state index contributed by atoms with van der Waals surface area (Å²) in [5.74, 6) is 0.0791. The van der Waals surface area contributed by atoms with Crippen LogP contribution in [-0.4, -0.2) is 18.5 Å². The first kappa shape index (κ1) is 17.6. The molecule has 1 aromatic rings. The van der Waals surface area contributed by atoms with Gasteiger partial charge < -0.3 is 10.6 Å². The van der Waals surface area contributed by atoms with Crippen LogP contribution >= 0.6 is 11.6 Å². The van der Waals surface area contributed by atoms with Gasteiger partial charge in [0.25, 0.3) is 0 Å². The number of hydrogen-bond acceptors (Lipinski definition) is 2. The van der Waals surface area contributed by atoms with Gasteiger partial charge in [0.05, 0.1) is 16.3 Å². The van der Waals surface area contributed by atoms with Gasteiger partial charge in [0, 0.05) is 6.54 Å². The van der Waals surface area contributed by atoms with Crippen LogP contribution in [0.5, 0.6) is 0 Å². The molecule has 0 aromatic heterocycles. The fourth-order valence-corrected chi connectivity index (χ4v) is 1.80. The molecule has 0 aliphatic carbocycles. The maximum atomic E-state index is 12.5. The molecule has 0 radical (unpaired) electrons. The van der Waals surface area contributed by atoms with Gasteiger partial charge in [-0.05, 0) is 31.0 Å². The minimum atomic E-state index is -4.44. The molecule has 1 amide bonds. The third kappa shape index (κ3) is 5.46. The van der Waals surface area contributed by atoms with Crippen LogP contribution in [0.4, 0.5) is 18.9 Å². The van der Waals surface area contributed by atoms with Crippen LogP contribution in [0.15, 0.2) is 18.2 Å². The van der Waals surface area contributed by atoms with E-state index in [-0.39, 0.29) is 16.6 Å². The number of hydrogen-bond donors (Lipinski definition) is 2. The molecular weight excluding hydrogens is 305 g/mol. The predicted molar refractivity (Wildman–Crippen MR) is 77.4 cm³/mol. The Morgan fingerprint density at radius 1 is 1.29 bits per heavy atom. The predicted octanol–water partition coefficient (Wildman–Crippen LogP) is 3.93. The average molecular weight is 323 g/mol. The van der Waals surface area contributed by atoms with Gasteiger partial charge in [-0.1, -0.05) is 25.4 Å². The largest absolute Gasteiger partial charge is 0.416 e. The van der Waals surface area contributed by atoms with Crippen molar-refractivity contribution in [2.75, 3.05) is 11.9 Å². The molecule has 0 aliphatic heterocycles. The number of amides is 1. The summed E-state index contributed by atoms with van der Waals surface area (Å²) in [4.78, 5) is 11.8. The minimum absolute atomic E-state index is 0.0756. The molecule has 0 heterocycles. The van der Waals surface area contributed by atoms with Crippen LogP contribution in [0, 0.1) is 5.92 Å². The molecule has 1 aromatic carbocycles. The van der Waals surface area contributed by atoms with Gasteiger partial charge in [0.2, 0.25) is 5.91 Å². The molecule has 0 saturated carbocycles. The van der Waals surface area contributed by atoms with Gasteiger partial charge in [-0.3, -0.25) is 4.79 Å². The summed E-state index contributed by atoms with van der Waals surface area (Å²) in [6, 6.07) is 2.38. The number of rotatable bonds is 5. The first-order valence-electron chi connectivity index (χ1n) is 6.52. The van der Waals surface area contributed by atoms with Crippen LogP contribution in [0.2, 0.25) is 5.02 Å². The number of carbonyl (C=O) groups is 1. The Morgan fingerprint density at radius 2 is 1.90 bits per heavy atom. The van der Waals surface area contributed by atoms with Crippen LogP contribution in [0.3, 0.4) is 0 Å². The molecule has 0 bridgehead atoms. The highest BCUT2D eigenvalue weighted by Crippen LogP contribution is 2.33. The van der Waals surface area contributed by atoms with E-state index in [1.807, 2.05) is 13.8 Å². The van der Waals surface area contributed by atoms with E-state index in [2.05, 4.69) is 10.6 Å². The maximum absolute atomic E-state index is 12.5. The van der Waals surface area contributed by atoms with Crippen molar-refractivity contribution in [1.29, 1.82) is 0 Å². The Bertz CT molecular complexity index is 503. The Labute approximate surface area is 126 Å². The molecule has 0 aliphatic rings. The molecule has 0 saturated heterocycles. The fraction of sp³-hybridized carbons (Fsp3) is 0.500. The maximum Gasteiger partial charge on any atom is 0.416 e. The van der Waals surface area contributed by atoms with Crippen molar-refractivity contribution >= 4 is 23.2 Å². The van der Waals surface area contributed by atoms with Crippen molar-refractivity contribution < 1.29 is 18.0 Å². The van der Waals surface area contributed by atoms with Gasteiger partial charge in [0.1, 0.15) is 6.04 Å². The highest BCUT2D eigenvalue weighted by molar-refractivity contribution is 6.33. The zero-order valence-electron chi connectivity index (χ0n) is 12.0. The van der Waals surface area contributed by atoms with Gasteiger partial charge in [-0.2, -0.15) is 13.2 Å². The number of alkyl halides is 3. The molecule has 118 valence electrons. The number of halogens is 4. The van der Waals surface area contributed by atoms with Crippen molar-refractivity contribution in [3.05, 3.63) is 28.8 Å². The Morgan fingerprint density at radius 3 is 2.38 bits per heavy atom. The molecular formula is C14H18ClF3N2O. The zero-order valence-corrected chi connectivity index (χ0v) is 12.8. The van der Waals surface area contributed by atoms with Crippen LogP contribution < -0.4 is 10.6 Å². The molecule has 2 N–H and O–H groups in total. The van der Waals surface area contributed by atoms with E-state index >= 15 is 0 Å². The van der Waals surface area contributed by atoms with Crippen LogP contribution in [0.25, 0.3) is 0 Å². The first-order chi connectivity index (χ1) is 9.61. The summed E-state index contributed by atoms with van der Waals surface area (Å²) in [6.07, 6.45) is -4.44. The zero-order chi connectivity index (χ0) is 16.2. The van der Waals surface area contributed by atoms with Gasteiger partial charge in [-0.25, -0.2) is 0 Å². The molecule has 1 atom stereocenters. The monoisotopic (exact) mass is 322 g/mol. The van der Waals surface area contributed by atoms with Crippen molar-refractivity contribution in [2.45, 2.75) is 33.0 Å². The van der Waals surface area contributed by atoms with E-state index in [1.54, 1.807) is 6.92 Å². The van der Waals surface area contributed by atoms with E-state index in [0.29, 0.717) is 12.5 Å². The standard InChI is InChI=1S/C14H18ClF3N2O/c1-8(2)7-19-13(21)9(3)20-12-5-4-10(6-11(12)15)14(16,17)18/h4-6,8-9,20H,7H2,1-3H3,(H,19,21). The Balaban J connectivity index is 2.73. The van der Waals surface area contributed by atoms with E-state index < -0.39 is 17.8 Å². The third-order valence-corrected chi connectivity index (χ3v) is 3.06. The summed E-state index contributed by atoms with van der Waals surface area (Å²) >= 11 is 5.82. The molecule has 1 rings (SSSR count). The second kappa shape index (κ2) is 7.02.